The Balaban J connectivity index is 3.31. The van der Waals surface area contributed by atoms with Crippen LogP contribution in [0, 0.1) is 0 Å². The molecule has 71 heavy (non-hydrogen) atoms. The van der Waals surface area contributed by atoms with Crippen LogP contribution in [0.1, 0.15) is 393 Å². The summed E-state index contributed by atoms with van der Waals surface area (Å²) in [4.78, 5) is 24.5. The molecule has 0 aromatic carbocycles. The maximum absolute atomic E-state index is 12.3. The molecule has 0 saturated heterocycles. The van der Waals surface area contributed by atoms with Gasteiger partial charge in [0, 0.05) is 12.8 Å². The Kier molecular flexibility index (Phi) is 62.2. The molecule has 0 aliphatic heterocycles. The van der Waals surface area contributed by atoms with Gasteiger partial charge >= 0.3 is 11.9 Å². The van der Waals surface area contributed by atoms with E-state index < -0.39 is 6.10 Å². The minimum Gasteiger partial charge on any atom is -0.462 e. The lowest BCUT2D eigenvalue weighted by Crippen LogP contribution is -2.28. The highest BCUT2D eigenvalue weighted by molar-refractivity contribution is 5.70. The average molecular weight is 1000 g/mol. The first kappa shape index (κ1) is 69.9. The Morgan fingerprint density at radius 2 is 0.437 bits per heavy atom. The molecule has 1 N–H and O–H groups in total. The van der Waals surface area contributed by atoms with Gasteiger partial charge in [-0.05, 0) is 12.8 Å². The smallest absolute Gasteiger partial charge is 0.306 e. The summed E-state index contributed by atoms with van der Waals surface area (Å²) in [6.45, 7) is 4.21. The summed E-state index contributed by atoms with van der Waals surface area (Å²) in [5.74, 6) is -0.563. The second kappa shape index (κ2) is 63.2. The van der Waals surface area contributed by atoms with Crippen LogP contribution >= 0.6 is 0 Å². The van der Waals surface area contributed by atoms with Crippen LogP contribution in [0.4, 0.5) is 0 Å². The van der Waals surface area contributed by atoms with Crippen LogP contribution < -0.4 is 0 Å². The lowest BCUT2D eigenvalue weighted by Gasteiger charge is -2.15. The molecule has 0 aliphatic rings. The number of carbonyl (C=O) groups excluding carboxylic acids is 2. The Labute approximate surface area is 446 Å². The second-order valence-electron chi connectivity index (χ2n) is 22.9. The molecule has 0 spiro atoms. The van der Waals surface area contributed by atoms with E-state index in [9.17, 15) is 14.7 Å². The number of aliphatic hydroxyl groups excluding tert-OH is 1. The number of esters is 2. The molecule has 424 valence electrons. The van der Waals surface area contributed by atoms with Crippen LogP contribution in [0.25, 0.3) is 0 Å². The molecule has 0 aromatic rings. The number of aliphatic hydroxyl groups is 1. The molecule has 0 saturated carbocycles. The molecule has 0 fully saturated rings. The molecule has 0 heterocycles. The van der Waals surface area contributed by atoms with Crippen LogP contribution in [0.15, 0.2) is 0 Å². The summed E-state index contributed by atoms with van der Waals surface area (Å²) in [6, 6.07) is 0. The summed E-state index contributed by atoms with van der Waals surface area (Å²) in [5, 5.41) is 9.66. The van der Waals surface area contributed by atoms with E-state index >= 15 is 0 Å². The van der Waals surface area contributed by atoms with Crippen molar-refractivity contribution in [1.29, 1.82) is 0 Å². The Morgan fingerprint density at radius 1 is 0.268 bits per heavy atom. The predicted molar refractivity (Wildman–Crippen MR) is 312 cm³/mol. The first-order valence-electron chi connectivity index (χ1n) is 33.1. The second-order valence-corrected chi connectivity index (χ2v) is 22.9. The lowest BCUT2D eigenvalue weighted by molar-refractivity contribution is -0.161. The van der Waals surface area contributed by atoms with Crippen molar-refractivity contribution in [3.8, 4) is 0 Å². The van der Waals surface area contributed by atoms with Crippen LogP contribution in [0.2, 0.25) is 0 Å². The van der Waals surface area contributed by atoms with Gasteiger partial charge in [0.25, 0.3) is 0 Å². The monoisotopic (exact) mass is 1000 g/mol. The first-order chi connectivity index (χ1) is 35.1. The van der Waals surface area contributed by atoms with E-state index in [0.29, 0.717) is 12.8 Å². The predicted octanol–water partition coefficient (Wildman–Crippen LogP) is 22.5. The van der Waals surface area contributed by atoms with E-state index in [4.69, 9.17) is 9.47 Å². The molecule has 5 heteroatoms. The summed E-state index contributed by atoms with van der Waals surface area (Å²) >= 11 is 0. The molecule has 0 radical (unpaired) electrons. The maximum atomic E-state index is 12.3. The van der Waals surface area contributed by atoms with Gasteiger partial charge in [-0.2, -0.15) is 0 Å². The fraction of sp³-hybridized carbons (Fsp3) is 0.970. The van der Waals surface area contributed by atoms with Crippen molar-refractivity contribution < 1.29 is 24.2 Å². The number of rotatable bonds is 63. The van der Waals surface area contributed by atoms with Gasteiger partial charge in [-0.3, -0.25) is 9.59 Å². The first-order valence-corrected chi connectivity index (χ1v) is 33.1. The largest absolute Gasteiger partial charge is 0.462 e. The van der Waals surface area contributed by atoms with Crippen molar-refractivity contribution in [2.45, 2.75) is 399 Å². The van der Waals surface area contributed by atoms with Gasteiger partial charge in [0.05, 0.1) is 6.61 Å². The highest BCUT2D eigenvalue weighted by atomic mass is 16.6. The minimum absolute atomic E-state index is 0.0559. The molecular formula is C66H130O5. The van der Waals surface area contributed by atoms with Crippen molar-refractivity contribution in [2.75, 3.05) is 13.2 Å². The molecular weight excluding hydrogens is 873 g/mol. The Bertz CT molecular complexity index is 999. The third-order valence-corrected chi connectivity index (χ3v) is 15.7. The normalized spacial score (nSPS) is 12.0. The molecule has 1 atom stereocenters. The number of ether oxygens (including phenoxy) is 2. The zero-order valence-electron chi connectivity index (χ0n) is 48.8. The van der Waals surface area contributed by atoms with E-state index in [2.05, 4.69) is 13.8 Å². The number of hydrogen-bond donors (Lipinski definition) is 1. The molecule has 0 aromatic heterocycles. The van der Waals surface area contributed by atoms with Gasteiger partial charge in [-0.25, -0.2) is 0 Å². The molecule has 5 nitrogen and oxygen atoms in total. The topological polar surface area (TPSA) is 72.8 Å². The van der Waals surface area contributed by atoms with E-state index in [-0.39, 0.29) is 25.2 Å². The van der Waals surface area contributed by atoms with E-state index in [0.717, 1.165) is 32.1 Å². The molecule has 0 aliphatic carbocycles. The quantitative estimate of drug-likeness (QED) is 0.0485. The minimum atomic E-state index is -0.764. The summed E-state index contributed by atoms with van der Waals surface area (Å²) in [6.07, 6.45) is 78.6. The van der Waals surface area contributed by atoms with E-state index in [1.807, 2.05) is 0 Å². The maximum Gasteiger partial charge on any atom is 0.306 e. The van der Waals surface area contributed by atoms with E-state index in [1.165, 1.54) is 334 Å². The number of hydrogen-bond acceptors (Lipinski definition) is 5. The summed E-state index contributed by atoms with van der Waals surface area (Å²) in [7, 11) is 0. The van der Waals surface area contributed by atoms with Crippen molar-refractivity contribution in [2.24, 2.45) is 0 Å². The standard InChI is InChI=1S/C66H130O5/c1-3-5-7-9-11-13-15-17-19-21-22-23-24-25-26-27-28-29-30-31-32-33-34-35-36-37-38-39-40-41-42-43-44-45-47-49-51-53-55-57-59-61-66(69)71-64(62-67)63-70-65(68)60-58-56-54-52-50-48-46-20-18-16-14-12-10-8-6-4-2/h64,67H,3-63H2,1-2H3. The van der Waals surface area contributed by atoms with Crippen molar-refractivity contribution >= 4 is 11.9 Å². The summed E-state index contributed by atoms with van der Waals surface area (Å²) in [5.41, 5.74) is 0. The molecule has 0 bridgehead atoms. The van der Waals surface area contributed by atoms with Crippen LogP contribution in [0.5, 0.6) is 0 Å². The third kappa shape index (κ3) is 61.3. The highest BCUT2D eigenvalue weighted by Gasteiger charge is 2.16. The number of carbonyl (C=O) groups is 2. The van der Waals surface area contributed by atoms with Crippen molar-refractivity contribution in [3.63, 3.8) is 0 Å². The van der Waals surface area contributed by atoms with Crippen molar-refractivity contribution in [3.05, 3.63) is 0 Å². The van der Waals surface area contributed by atoms with Crippen LogP contribution in [0.3, 0.4) is 0 Å². The van der Waals surface area contributed by atoms with Crippen molar-refractivity contribution in [1.82, 2.24) is 0 Å². The van der Waals surface area contributed by atoms with Crippen LogP contribution in [-0.4, -0.2) is 36.4 Å². The van der Waals surface area contributed by atoms with Gasteiger partial charge in [-0.1, -0.05) is 367 Å². The average Bonchev–Trinajstić information content (AvgIpc) is 3.37. The fourth-order valence-corrected chi connectivity index (χ4v) is 10.7. The van der Waals surface area contributed by atoms with Gasteiger partial charge in [0.2, 0.25) is 0 Å². The van der Waals surface area contributed by atoms with Crippen LogP contribution in [-0.2, 0) is 19.1 Å². The lowest BCUT2D eigenvalue weighted by atomic mass is 10.0. The molecule has 1 unspecified atom stereocenters. The molecule has 0 rings (SSSR count). The summed E-state index contributed by atoms with van der Waals surface area (Å²) < 4.78 is 10.7. The number of unbranched alkanes of at least 4 members (excludes halogenated alkanes) is 55. The zero-order valence-corrected chi connectivity index (χ0v) is 48.8. The van der Waals surface area contributed by atoms with E-state index in [1.54, 1.807) is 0 Å². The Morgan fingerprint density at radius 3 is 0.620 bits per heavy atom. The fourth-order valence-electron chi connectivity index (χ4n) is 10.7. The highest BCUT2D eigenvalue weighted by Crippen LogP contribution is 2.19. The SMILES string of the molecule is CCCCCCCCCCCCCCCCCCCCCCCCCCCCCCCCCCCCCCCCCCCC(=O)OC(CO)COC(=O)CCCCCCCCCCCCCCCCCC. The zero-order chi connectivity index (χ0) is 51.3. The van der Waals surface area contributed by atoms with Gasteiger partial charge in [0.1, 0.15) is 6.61 Å². The van der Waals surface area contributed by atoms with Gasteiger partial charge in [0.15, 0.2) is 6.10 Å². The molecule has 0 amide bonds. The van der Waals surface area contributed by atoms with Gasteiger partial charge < -0.3 is 14.6 Å². The Hall–Kier alpha value is -1.10. The van der Waals surface area contributed by atoms with Gasteiger partial charge in [-0.15, -0.1) is 0 Å². The third-order valence-electron chi connectivity index (χ3n) is 15.7.